The minimum atomic E-state index is -2.96. The van der Waals surface area contributed by atoms with E-state index in [0.29, 0.717) is 18.5 Å². The van der Waals surface area contributed by atoms with Crippen LogP contribution in [0.3, 0.4) is 0 Å². The Morgan fingerprint density at radius 1 is 1.54 bits per heavy atom. The van der Waals surface area contributed by atoms with Crippen molar-refractivity contribution in [3.63, 3.8) is 0 Å². The molecule has 13 heavy (non-hydrogen) atoms. The number of rotatable bonds is 4. The first kappa shape index (κ1) is 9.98. The van der Waals surface area contributed by atoms with E-state index in [0.717, 1.165) is 0 Å². The van der Waals surface area contributed by atoms with Gasteiger partial charge in [0.25, 0.3) is 0 Å². The van der Waals surface area contributed by atoms with Crippen LogP contribution in [0.15, 0.2) is 18.3 Å². The minimum absolute atomic E-state index is 0.0581. The summed E-state index contributed by atoms with van der Waals surface area (Å²) in [7, 11) is -2.96. The Labute approximate surface area is 77.1 Å². The van der Waals surface area contributed by atoms with Gasteiger partial charge in [0.15, 0.2) is 6.29 Å². The van der Waals surface area contributed by atoms with E-state index in [2.05, 4.69) is 0 Å². The van der Waals surface area contributed by atoms with Crippen molar-refractivity contribution >= 4 is 16.1 Å². The van der Waals surface area contributed by atoms with E-state index in [1.54, 1.807) is 22.9 Å². The zero-order chi connectivity index (χ0) is 9.90. The molecule has 0 saturated heterocycles. The number of aromatic nitrogens is 1. The smallest absolute Gasteiger partial charge is 0.166 e. The Morgan fingerprint density at radius 3 is 2.77 bits per heavy atom. The zero-order valence-corrected chi connectivity index (χ0v) is 8.12. The van der Waals surface area contributed by atoms with Gasteiger partial charge in [-0.15, -0.1) is 0 Å². The van der Waals surface area contributed by atoms with Gasteiger partial charge in [-0.2, -0.15) is 0 Å². The van der Waals surface area contributed by atoms with Gasteiger partial charge in [-0.1, -0.05) is 0 Å². The van der Waals surface area contributed by atoms with Crippen LogP contribution in [-0.4, -0.2) is 31.3 Å². The summed E-state index contributed by atoms with van der Waals surface area (Å²) in [6, 6.07) is 3.36. The highest BCUT2D eigenvalue weighted by molar-refractivity contribution is 7.90. The van der Waals surface area contributed by atoms with Gasteiger partial charge in [-0.05, 0) is 12.1 Å². The largest absolute Gasteiger partial charge is 0.344 e. The average Bonchev–Trinajstić information content (AvgIpc) is 2.46. The van der Waals surface area contributed by atoms with Crippen molar-refractivity contribution < 1.29 is 13.2 Å². The molecule has 72 valence electrons. The van der Waals surface area contributed by atoms with E-state index in [1.807, 2.05) is 0 Å². The predicted molar refractivity (Wildman–Crippen MR) is 49.5 cm³/mol. The highest BCUT2D eigenvalue weighted by atomic mass is 32.2. The molecular formula is C8H11NO3S. The summed E-state index contributed by atoms with van der Waals surface area (Å²) >= 11 is 0. The van der Waals surface area contributed by atoms with Crippen LogP contribution >= 0.6 is 0 Å². The highest BCUT2D eigenvalue weighted by Gasteiger charge is 2.04. The number of carbonyl (C=O) groups excluding carboxylic acids is 1. The van der Waals surface area contributed by atoms with E-state index < -0.39 is 9.84 Å². The van der Waals surface area contributed by atoms with Crippen LogP contribution < -0.4 is 0 Å². The maximum absolute atomic E-state index is 10.8. The topological polar surface area (TPSA) is 56.1 Å². The van der Waals surface area contributed by atoms with Crippen LogP contribution in [0.2, 0.25) is 0 Å². The van der Waals surface area contributed by atoms with Gasteiger partial charge < -0.3 is 4.57 Å². The fraction of sp³-hybridized carbons (Fsp3) is 0.375. The summed E-state index contributed by atoms with van der Waals surface area (Å²) in [6.07, 6.45) is 3.58. The number of hydrogen-bond acceptors (Lipinski definition) is 3. The molecule has 0 aliphatic carbocycles. The fourth-order valence-electron chi connectivity index (χ4n) is 1.00. The number of aldehydes is 1. The molecule has 0 radical (unpaired) electrons. The number of hydrogen-bond donors (Lipinski definition) is 0. The molecule has 0 amide bonds. The van der Waals surface area contributed by atoms with Crippen molar-refractivity contribution in [1.29, 1.82) is 0 Å². The second-order valence-corrected chi connectivity index (χ2v) is 5.13. The van der Waals surface area contributed by atoms with E-state index in [9.17, 15) is 13.2 Å². The second kappa shape index (κ2) is 3.74. The molecule has 0 spiro atoms. The summed E-state index contributed by atoms with van der Waals surface area (Å²) in [5.41, 5.74) is 0.503. The summed E-state index contributed by atoms with van der Waals surface area (Å²) in [5, 5.41) is 0. The SMILES string of the molecule is CS(=O)(=O)CCn1cccc1C=O. The number of sulfone groups is 1. The summed E-state index contributed by atoms with van der Waals surface area (Å²) in [4.78, 5) is 10.4. The Hall–Kier alpha value is -1.10. The lowest BCUT2D eigenvalue weighted by Crippen LogP contribution is -2.12. The molecule has 0 aliphatic rings. The Balaban J connectivity index is 2.70. The molecule has 5 heteroatoms. The van der Waals surface area contributed by atoms with Crippen molar-refractivity contribution in [2.75, 3.05) is 12.0 Å². The summed E-state index contributed by atoms with van der Waals surface area (Å²) in [6.45, 7) is 0.333. The van der Waals surface area contributed by atoms with Crippen molar-refractivity contribution in [2.24, 2.45) is 0 Å². The highest BCUT2D eigenvalue weighted by Crippen LogP contribution is 1.99. The lowest BCUT2D eigenvalue weighted by Gasteiger charge is -2.02. The van der Waals surface area contributed by atoms with Gasteiger partial charge in [-0.25, -0.2) is 8.42 Å². The van der Waals surface area contributed by atoms with Gasteiger partial charge >= 0.3 is 0 Å². The normalized spacial score (nSPS) is 11.5. The van der Waals surface area contributed by atoms with Gasteiger partial charge in [0.1, 0.15) is 9.84 Å². The first-order valence-electron chi connectivity index (χ1n) is 3.81. The van der Waals surface area contributed by atoms with Gasteiger partial charge in [0.05, 0.1) is 11.4 Å². The molecule has 1 heterocycles. The maximum Gasteiger partial charge on any atom is 0.166 e. The molecule has 0 bridgehead atoms. The number of nitrogens with zero attached hydrogens (tertiary/aromatic N) is 1. The van der Waals surface area contributed by atoms with Crippen LogP contribution in [0.4, 0.5) is 0 Å². The van der Waals surface area contributed by atoms with Gasteiger partial charge in [-0.3, -0.25) is 4.79 Å². The first-order chi connectivity index (χ1) is 6.03. The third-order valence-electron chi connectivity index (χ3n) is 1.69. The van der Waals surface area contributed by atoms with Crippen LogP contribution in [0.5, 0.6) is 0 Å². The van der Waals surface area contributed by atoms with E-state index in [1.165, 1.54) is 6.26 Å². The van der Waals surface area contributed by atoms with Crippen LogP contribution in [-0.2, 0) is 16.4 Å². The van der Waals surface area contributed by atoms with E-state index >= 15 is 0 Å². The Morgan fingerprint density at radius 2 is 2.23 bits per heavy atom. The molecular weight excluding hydrogens is 190 g/mol. The van der Waals surface area contributed by atoms with Gasteiger partial charge in [0.2, 0.25) is 0 Å². The van der Waals surface area contributed by atoms with Crippen molar-refractivity contribution in [3.05, 3.63) is 24.0 Å². The molecule has 0 unspecified atom stereocenters. The molecule has 1 rings (SSSR count). The van der Waals surface area contributed by atoms with Crippen molar-refractivity contribution in [3.8, 4) is 0 Å². The molecule has 0 saturated carbocycles. The summed E-state index contributed by atoms with van der Waals surface area (Å²) < 4.78 is 23.3. The fourth-order valence-corrected chi connectivity index (χ4v) is 1.53. The first-order valence-corrected chi connectivity index (χ1v) is 5.87. The van der Waals surface area contributed by atoms with Crippen LogP contribution in [0, 0.1) is 0 Å². The van der Waals surface area contributed by atoms with E-state index in [-0.39, 0.29) is 5.75 Å². The molecule has 0 fully saturated rings. The average molecular weight is 201 g/mol. The van der Waals surface area contributed by atoms with Crippen molar-refractivity contribution in [1.82, 2.24) is 4.57 Å². The van der Waals surface area contributed by atoms with E-state index in [4.69, 9.17) is 0 Å². The molecule has 0 atom stereocenters. The molecule has 1 aromatic rings. The number of carbonyl (C=O) groups is 1. The van der Waals surface area contributed by atoms with Crippen LogP contribution in [0.25, 0.3) is 0 Å². The van der Waals surface area contributed by atoms with Crippen LogP contribution in [0.1, 0.15) is 10.5 Å². The lowest BCUT2D eigenvalue weighted by molar-refractivity contribution is 0.111. The Bertz CT molecular complexity index is 391. The second-order valence-electron chi connectivity index (χ2n) is 2.87. The molecule has 0 aliphatic heterocycles. The van der Waals surface area contributed by atoms with Crippen molar-refractivity contribution in [2.45, 2.75) is 6.54 Å². The standard InChI is InChI=1S/C8H11NO3S/c1-13(11,12)6-5-9-4-2-3-8(9)7-10/h2-4,7H,5-6H2,1H3. The van der Waals surface area contributed by atoms with Gasteiger partial charge in [0, 0.05) is 19.0 Å². The predicted octanol–water partition coefficient (Wildman–Crippen LogP) is 0.345. The lowest BCUT2D eigenvalue weighted by atomic mass is 10.5. The third-order valence-corrected chi connectivity index (χ3v) is 2.61. The monoisotopic (exact) mass is 201 g/mol. The maximum atomic E-state index is 10.8. The Kier molecular flexibility index (Phi) is 2.87. The summed E-state index contributed by atoms with van der Waals surface area (Å²) in [5.74, 6) is 0.0581. The molecule has 0 N–H and O–H groups in total. The number of aryl methyl sites for hydroxylation is 1. The molecule has 4 nitrogen and oxygen atoms in total. The molecule has 1 aromatic heterocycles. The minimum Gasteiger partial charge on any atom is -0.344 e. The zero-order valence-electron chi connectivity index (χ0n) is 7.30. The quantitative estimate of drug-likeness (QED) is 0.660. The molecule has 0 aromatic carbocycles. The third kappa shape index (κ3) is 3.02.